The second-order valence-electron chi connectivity index (χ2n) is 5.96. The number of carbonyl (C=O) groups is 3. The standard InChI is InChI=1S/C16H11BrN2O5S2/c17-7-3-1-6(2-4-7)9-10-12(25-13-11(9)26-16(24)18-13)15(23)19(14(10)22)5-8(20)21/h1-4,9-10,12H,5H2,(H,18,24)(H,20,21)/t9-,10-,12+/m1/s1. The van der Waals surface area contributed by atoms with Crippen LogP contribution in [0.15, 0.2) is 38.6 Å². The van der Waals surface area contributed by atoms with Crippen molar-refractivity contribution in [3.8, 4) is 0 Å². The Morgan fingerprint density at radius 3 is 2.54 bits per heavy atom. The maximum absolute atomic E-state index is 12.9. The minimum Gasteiger partial charge on any atom is -0.480 e. The highest BCUT2D eigenvalue weighted by molar-refractivity contribution is 9.10. The molecule has 0 saturated carbocycles. The summed E-state index contributed by atoms with van der Waals surface area (Å²) in [6, 6.07) is 7.34. The molecule has 0 aliphatic carbocycles. The van der Waals surface area contributed by atoms with E-state index in [4.69, 9.17) is 5.11 Å². The van der Waals surface area contributed by atoms with E-state index in [2.05, 4.69) is 20.9 Å². The smallest absolute Gasteiger partial charge is 0.323 e. The van der Waals surface area contributed by atoms with E-state index in [9.17, 15) is 19.2 Å². The number of amides is 2. The molecule has 0 radical (unpaired) electrons. The molecule has 3 atom stereocenters. The Morgan fingerprint density at radius 1 is 1.19 bits per heavy atom. The van der Waals surface area contributed by atoms with E-state index in [1.54, 1.807) is 0 Å². The number of carboxylic acid groups (broad SMARTS) is 1. The summed E-state index contributed by atoms with van der Waals surface area (Å²) in [5.74, 6) is -3.46. The normalized spacial score (nSPS) is 24.5. The highest BCUT2D eigenvalue weighted by Crippen LogP contribution is 2.52. The number of benzene rings is 1. The van der Waals surface area contributed by atoms with Gasteiger partial charge in [-0.3, -0.25) is 24.1 Å². The van der Waals surface area contributed by atoms with Crippen LogP contribution in [-0.2, 0) is 14.4 Å². The van der Waals surface area contributed by atoms with Crippen LogP contribution in [0.1, 0.15) is 16.4 Å². The first-order valence-corrected chi connectivity index (χ1v) is 10.1. The molecule has 7 nitrogen and oxygen atoms in total. The monoisotopic (exact) mass is 454 g/mol. The molecule has 0 spiro atoms. The summed E-state index contributed by atoms with van der Waals surface area (Å²) in [6.07, 6.45) is 0. The summed E-state index contributed by atoms with van der Waals surface area (Å²) in [4.78, 5) is 52.5. The second kappa shape index (κ2) is 6.36. The Kier molecular flexibility index (Phi) is 4.28. The lowest BCUT2D eigenvalue weighted by Gasteiger charge is -2.29. The number of rotatable bonds is 3. The molecule has 1 aromatic heterocycles. The van der Waals surface area contributed by atoms with Crippen molar-refractivity contribution in [2.24, 2.45) is 5.92 Å². The summed E-state index contributed by atoms with van der Waals surface area (Å²) >= 11 is 5.52. The number of fused-ring (bicyclic) bond motifs is 2. The van der Waals surface area contributed by atoms with Gasteiger partial charge in [-0.1, -0.05) is 51.2 Å². The van der Waals surface area contributed by atoms with Gasteiger partial charge in [0.1, 0.15) is 11.8 Å². The number of carbonyl (C=O) groups excluding carboxylic acids is 2. The number of nitrogens with one attached hydrogen (secondary N) is 1. The fourth-order valence-electron chi connectivity index (χ4n) is 3.39. The minimum atomic E-state index is -1.24. The van der Waals surface area contributed by atoms with Crippen molar-refractivity contribution in [2.75, 3.05) is 6.54 Å². The fraction of sp³-hybridized carbons (Fsp3) is 0.250. The highest BCUT2D eigenvalue weighted by atomic mass is 79.9. The third-order valence-electron chi connectivity index (χ3n) is 4.44. The first-order valence-electron chi connectivity index (χ1n) is 7.59. The Hall–Kier alpha value is -1.91. The van der Waals surface area contributed by atoms with Crippen LogP contribution in [0.3, 0.4) is 0 Å². The lowest BCUT2D eigenvalue weighted by atomic mass is 9.83. The number of aromatic amines is 1. The summed E-state index contributed by atoms with van der Waals surface area (Å²) in [5.41, 5.74) is 0.804. The quantitative estimate of drug-likeness (QED) is 0.685. The number of hydrogen-bond donors (Lipinski definition) is 2. The molecule has 2 aliphatic heterocycles. The zero-order chi connectivity index (χ0) is 18.6. The van der Waals surface area contributed by atoms with E-state index in [1.807, 2.05) is 24.3 Å². The van der Waals surface area contributed by atoms with Crippen LogP contribution in [0.2, 0.25) is 0 Å². The van der Waals surface area contributed by atoms with Crippen molar-refractivity contribution in [3.05, 3.63) is 48.8 Å². The molecule has 0 unspecified atom stereocenters. The molecule has 1 aromatic carbocycles. The van der Waals surface area contributed by atoms with Crippen LogP contribution >= 0.6 is 39.0 Å². The molecule has 26 heavy (non-hydrogen) atoms. The predicted octanol–water partition coefficient (Wildman–Crippen LogP) is 1.87. The van der Waals surface area contributed by atoms with E-state index >= 15 is 0 Å². The fourth-order valence-corrected chi connectivity index (χ4v) is 6.20. The zero-order valence-electron chi connectivity index (χ0n) is 13.0. The number of thiazole rings is 1. The van der Waals surface area contributed by atoms with E-state index in [-0.39, 0.29) is 4.87 Å². The van der Waals surface area contributed by atoms with E-state index < -0.39 is 41.4 Å². The molecule has 134 valence electrons. The van der Waals surface area contributed by atoms with Crippen molar-refractivity contribution in [1.29, 1.82) is 0 Å². The van der Waals surface area contributed by atoms with Crippen molar-refractivity contribution in [2.45, 2.75) is 16.2 Å². The number of thioether (sulfide) groups is 1. The molecule has 2 N–H and O–H groups in total. The van der Waals surface area contributed by atoms with Crippen LogP contribution in [0.4, 0.5) is 0 Å². The molecular weight excluding hydrogens is 444 g/mol. The molecule has 2 amide bonds. The van der Waals surface area contributed by atoms with Crippen molar-refractivity contribution < 1.29 is 19.5 Å². The lowest BCUT2D eigenvalue weighted by molar-refractivity contribution is -0.149. The Bertz CT molecular complexity index is 983. The summed E-state index contributed by atoms with van der Waals surface area (Å²) < 4.78 is 0.867. The number of imide groups is 1. The first-order chi connectivity index (χ1) is 12.4. The first kappa shape index (κ1) is 17.5. The maximum atomic E-state index is 12.9. The average Bonchev–Trinajstić information content (AvgIpc) is 3.06. The predicted molar refractivity (Wildman–Crippen MR) is 98.4 cm³/mol. The van der Waals surface area contributed by atoms with Gasteiger partial charge in [-0.2, -0.15) is 0 Å². The molecule has 2 aromatic rings. The molecular formula is C16H11BrN2O5S2. The van der Waals surface area contributed by atoms with Gasteiger partial charge in [0.15, 0.2) is 0 Å². The second-order valence-corrected chi connectivity index (χ2v) is 9.04. The van der Waals surface area contributed by atoms with Gasteiger partial charge in [0.05, 0.1) is 10.9 Å². The van der Waals surface area contributed by atoms with Crippen molar-refractivity contribution in [3.63, 3.8) is 0 Å². The number of H-pyrrole nitrogens is 1. The van der Waals surface area contributed by atoms with Gasteiger partial charge in [-0.25, -0.2) is 0 Å². The van der Waals surface area contributed by atoms with Crippen LogP contribution in [0.25, 0.3) is 0 Å². The van der Waals surface area contributed by atoms with Gasteiger partial charge in [-0.15, -0.1) is 0 Å². The number of halogens is 1. The number of nitrogens with zero attached hydrogens (tertiary/aromatic N) is 1. The largest absolute Gasteiger partial charge is 0.480 e. The van der Waals surface area contributed by atoms with Crippen LogP contribution in [0, 0.1) is 5.92 Å². The Balaban J connectivity index is 1.85. The van der Waals surface area contributed by atoms with E-state index in [0.717, 1.165) is 38.0 Å². The number of likely N-dealkylation sites (tertiary alicyclic amines) is 1. The number of aliphatic carboxylic acids is 1. The summed E-state index contributed by atoms with van der Waals surface area (Å²) in [5, 5.41) is 8.86. The third-order valence-corrected chi connectivity index (χ3v) is 7.37. The van der Waals surface area contributed by atoms with Gasteiger partial charge in [-0.05, 0) is 17.7 Å². The molecule has 1 saturated heterocycles. The van der Waals surface area contributed by atoms with E-state index in [1.165, 1.54) is 0 Å². The van der Waals surface area contributed by atoms with Crippen LogP contribution in [0.5, 0.6) is 0 Å². The zero-order valence-corrected chi connectivity index (χ0v) is 16.2. The van der Waals surface area contributed by atoms with Gasteiger partial charge >= 0.3 is 10.8 Å². The highest BCUT2D eigenvalue weighted by Gasteiger charge is 2.56. The maximum Gasteiger partial charge on any atom is 0.323 e. The Labute approximate surface area is 163 Å². The molecule has 2 aliphatic rings. The minimum absolute atomic E-state index is 0.244. The third kappa shape index (κ3) is 2.72. The number of hydrogen-bond acceptors (Lipinski definition) is 6. The van der Waals surface area contributed by atoms with Gasteiger partial charge in [0, 0.05) is 15.3 Å². The molecule has 4 rings (SSSR count). The topological polar surface area (TPSA) is 108 Å². The van der Waals surface area contributed by atoms with Crippen LogP contribution < -0.4 is 4.87 Å². The van der Waals surface area contributed by atoms with Crippen molar-refractivity contribution >= 4 is 56.8 Å². The summed E-state index contributed by atoms with van der Waals surface area (Å²) in [6.45, 7) is -0.650. The van der Waals surface area contributed by atoms with Gasteiger partial charge in [0.25, 0.3) is 0 Å². The number of aromatic nitrogens is 1. The molecule has 10 heteroatoms. The lowest BCUT2D eigenvalue weighted by Crippen LogP contribution is -2.36. The molecule has 3 heterocycles. The summed E-state index contributed by atoms with van der Waals surface area (Å²) in [7, 11) is 0. The number of carboxylic acids is 1. The van der Waals surface area contributed by atoms with Crippen molar-refractivity contribution in [1.82, 2.24) is 9.88 Å². The van der Waals surface area contributed by atoms with E-state index in [0.29, 0.717) is 9.90 Å². The van der Waals surface area contributed by atoms with Gasteiger partial charge in [0.2, 0.25) is 11.8 Å². The Morgan fingerprint density at radius 2 is 1.88 bits per heavy atom. The van der Waals surface area contributed by atoms with Crippen LogP contribution in [-0.4, -0.2) is 44.6 Å². The average molecular weight is 455 g/mol. The van der Waals surface area contributed by atoms with Gasteiger partial charge < -0.3 is 10.1 Å². The molecule has 1 fully saturated rings. The molecule has 0 bridgehead atoms. The SMILES string of the molecule is O=C(O)CN1C(=O)[C@@H]2[C@@H](c3ccc(Br)cc3)c3sc(=O)[nH]c3S[C@@H]2C1=O.